The molecule has 2 aromatic heterocycles. The molecule has 0 spiro atoms. The van der Waals surface area contributed by atoms with Crippen molar-refractivity contribution in [1.82, 2.24) is 14.8 Å². The lowest BCUT2D eigenvalue weighted by Gasteiger charge is -2.15. The molecule has 0 fully saturated rings. The van der Waals surface area contributed by atoms with Gasteiger partial charge in [-0.05, 0) is 58.3 Å². The lowest BCUT2D eigenvalue weighted by atomic mass is 9.97. The first-order chi connectivity index (χ1) is 13.1. The maximum Gasteiger partial charge on any atom is 0.277 e. The summed E-state index contributed by atoms with van der Waals surface area (Å²) in [5, 5.41) is 8.44. The van der Waals surface area contributed by atoms with Gasteiger partial charge in [0.05, 0.1) is 11.5 Å². The topological polar surface area (TPSA) is 60.9 Å². The highest BCUT2D eigenvalue weighted by Gasteiger charge is 2.17. The molecule has 0 aliphatic heterocycles. The maximum absolute atomic E-state index is 12.7. The number of thioether (sulfide) groups is 2. The third kappa shape index (κ3) is 5.29. The van der Waals surface area contributed by atoms with Crippen molar-refractivity contribution < 1.29 is 9.21 Å². The number of hydrogen-bond acceptors (Lipinski definition) is 6. The van der Waals surface area contributed by atoms with Crippen LogP contribution in [0.4, 0.5) is 0 Å². The van der Waals surface area contributed by atoms with Crippen molar-refractivity contribution in [3.63, 3.8) is 0 Å². The van der Waals surface area contributed by atoms with Crippen molar-refractivity contribution in [2.75, 3.05) is 12.0 Å². The van der Waals surface area contributed by atoms with E-state index in [1.165, 1.54) is 37.4 Å². The Hall–Kier alpha value is -1.47. The lowest BCUT2D eigenvalue weighted by Crippen LogP contribution is -2.08. The fourth-order valence-electron chi connectivity index (χ4n) is 3.50. The molecule has 3 rings (SSSR count). The van der Waals surface area contributed by atoms with Crippen LogP contribution < -0.4 is 0 Å². The molecule has 0 unspecified atom stereocenters. The van der Waals surface area contributed by atoms with Crippen LogP contribution in [-0.4, -0.2) is 32.6 Å². The molecule has 0 N–H and O–H groups in total. The molecule has 1 aliphatic carbocycles. The first-order valence-corrected chi connectivity index (χ1v) is 11.8. The number of allylic oxidation sites excluding steroid dienone is 2. The van der Waals surface area contributed by atoms with Crippen LogP contribution in [-0.2, 0) is 12.3 Å². The molecule has 0 radical (unpaired) electrons. The van der Waals surface area contributed by atoms with Crippen LogP contribution in [0, 0.1) is 13.8 Å². The molecule has 27 heavy (non-hydrogen) atoms. The van der Waals surface area contributed by atoms with Gasteiger partial charge in [-0.2, -0.15) is 11.8 Å². The molecule has 2 heterocycles. The first-order valence-electron chi connectivity index (χ1n) is 9.40. The monoisotopic (exact) mass is 405 g/mol. The zero-order valence-electron chi connectivity index (χ0n) is 16.3. The molecule has 1 aliphatic rings. The molecule has 2 aromatic rings. The van der Waals surface area contributed by atoms with Gasteiger partial charge in [0.25, 0.3) is 5.22 Å². The minimum absolute atomic E-state index is 0.112. The quantitative estimate of drug-likeness (QED) is 0.324. The number of hydrogen-bond donors (Lipinski definition) is 0. The van der Waals surface area contributed by atoms with E-state index in [-0.39, 0.29) is 5.78 Å². The van der Waals surface area contributed by atoms with Crippen LogP contribution in [0.1, 0.15) is 59.7 Å². The van der Waals surface area contributed by atoms with E-state index in [1.54, 1.807) is 17.3 Å². The highest BCUT2D eigenvalue weighted by Crippen LogP contribution is 2.24. The predicted molar refractivity (Wildman–Crippen MR) is 112 cm³/mol. The number of nitrogens with zero attached hydrogens (tertiary/aromatic N) is 3. The average molecular weight is 406 g/mol. The van der Waals surface area contributed by atoms with E-state index < -0.39 is 0 Å². The summed E-state index contributed by atoms with van der Waals surface area (Å²) in [7, 11) is 0. The van der Waals surface area contributed by atoms with Crippen molar-refractivity contribution >= 4 is 29.3 Å². The summed E-state index contributed by atoms with van der Waals surface area (Å²) >= 11 is 2.94. The third-order valence-electron chi connectivity index (χ3n) is 4.96. The fourth-order valence-corrected chi connectivity index (χ4v) is 4.53. The smallest absolute Gasteiger partial charge is 0.277 e. The molecule has 146 valence electrons. The molecule has 7 heteroatoms. The van der Waals surface area contributed by atoms with Crippen molar-refractivity contribution in [2.45, 2.75) is 63.5 Å². The van der Waals surface area contributed by atoms with Gasteiger partial charge in [0.15, 0.2) is 5.78 Å². The third-order valence-corrected chi connectivity index (χ3v) is 6.31. The van der Waals surface area contributed by atoms with Gasteiger partial charge in [-0.3, -0.25) is 4.79 Å². The number of carbonyl (C=O) groups is 1. The lowest BCUT2D eigenvalue weighted by molar-refractivity contribution is 0.102. The second-order valence-electron chi connectivity index (χ2n) is 6.90. The van der Waals surface area contributed by atoms with Crippen LogP contribution in [0.15, 0.2) is 27.4 Å². The molecule has 0 amide bonds. The molecular formula is C20H27N3O2S2. The number of ketones is 1. The van der Waals surface area contributed by atoms with Gasteiger partial charge in [0.2, 0.25) is 5.89 Å². The Morgan fingerprint density at radius 1 is 1.30 bits per heavy atom. The summed E-state index contributed by atoms with van der Waals surface area (Å²) in [6, 6.07) is 2.01. The molecule has 0 aromatic carbocycles. The van der Waals surface area contributed by atoms with E-state index in [4.69, 9.17) is 4.42 Å². The largest absolute Gasteiger partial charge is 0.415 e. The van der Waals surface area contributed by atoms with Crippen LogP contribution >= 0.6 is 23.5 Å². The number of carbonyl (C=O) groups excluding carboxylic acids is 1. The van der Waals surface area contributed by atoms with Gasteiger partial charge in [0.1, 0.15) is 0 Å². The Morgan fingerprint density at radius 3 is 2.89 bits per heavy atom. The highest BCUT2D eigenvalue weighted by atomic mass is 32.2. The second kappa shape index (κ2) is 9.64. The summed E-state index contributed by atoms with van der Waals surface area (Å²) in [5.74, 6) is 1.73. The van der Waals surface area contributed by atoms with E-state index in [0.717, 1.165) is 29.9 Å². The van der Waals surface area contributed by atoms with E-state index in [9.17, 15) is 4.79 Å². The van der Waals surface area contributed by atoms with Gasteiger partial charge in [-0.25, -0.2) is 0 Å². The van der Waals surface area contributed by atoms with Gasteiger partial charge in [-0.1, -0.05) is 23.4 Å². The van der Waals surface area contributed by atoms with Crippen molar-refractivity contribution in [3.8, 4) is 0 Å². The van der Waals surface area contributed by atoms with Crippen LogP contribution in [0.3, 0.4) is 0 Å². The predicted octanol–water partition coefficient (Wildman–Crippen LogP) is 5.22. The average Bonchev–Trinajstić information content (AvgIpc) is 3.23. The normalized spacial score (nSPS) is 14.4. The maximum atomic E-state index is 12.7. The second-order valence-corrected chi connectivity index (χ2v) is 8.69. The first kappa shape index (κ1) is 20.3. The zero-order chi connectivity index (χ0) is 19.2. The van der Waals surface area contributed by atoms with Gasteiger partial charge < -0.3 is 8.98 Å². The summed E-state index contributed by atoms with van der Waals surface area (Å²) < 4.78 is 7.81. The Balaban J connectivity index is 1.60. The van der Waals surface area contributed by atoms with Crippen molar-refractivity contribution in [2.24, 2.45) is 0 Å². The Labute approximate surface area is 169 Å². The zero-order valence-corrected chi connectivity index (χ0v) is 17.9. The molecule has 0 atom stereocenters. The molecule has 0 bridgehead atoms. The van der Waals surface area contributed by atoms with E-state index in [2.05, 4.69) is 27.8 Å². The van der Waals surface area contributed by atoms with Gasteiger partial charge >= 0.3 is 0 Å². The van der Waals surface area contributed by atoms with Crippen LogP contribution in [0.25, 0.3) is 0 Å². The van der Waals surface area contributed by atoms with Gasteiger partial charge in [0, 0.05) is 23.5 Å². The fraction of sp³-hybridized carbons (Fsp3) is 0.550. The van der Waals surface area contributed by atoms with Crippen molar-refractivity contribution in [1.29, 1.82) is 0 Å². The molecule has 0 saturated heterocycles. The molecular weight excluding hydrogens is 378 g/mol. The Bertz CT molecular complexity index is 823. The number of aromatic nitrogens is 3. The summed E-state index contributed by atoms with van der Waals surface area (Å²) in [5.41, 5.74) is 4.58. The van der Waals surface area contributed by atoms with Crippen LogP contribution in [0.5, 0.6) is 0 Å². The number of Topliss-reactive ketones (excluding diaryl/α,β-unsaturated/α-hetero) is 1. The summed E-state index contributed by atoms with van der Waals surface area (Å²) in [6.45, 7) is 5.08. The number of rotatable bonds is 9. The number of aryl methyl sites for hydroxylation is 1. The van der Waals surface area contributed by atoms with Crippen LogP contribution in [0.2, 0.25) is 0 Å². The van der Waals surface area contributed by atoms with E-state index >= 15 is 0 Å². The minimum Gasteiger partial charge on any atom is -0.415 e. The summed E-state index contributed by atoms with van der Waals surface area (Å²) in [6.07, 6.45) is 10.5. The Morgan fingerprint density at radius 2 is 2.15 bits per heavy atom. The Kier molecular flexibility index (Phi) is 7.24. The molecule has 5 nitrogen and oxygen atoms in total. The minimum atomic E-state index is 0.112. The van der Waals surface area contributed by atoms with E-state index in [0.29, 0.717) is 22.6 Å². The van der Waals surface area contributed by atoms with Crippen molar-refractivity contribution in [3.05, 3.63) is 40.6 Å². The van der Waals surface area contributed by atoms with Gasteiger partial charge in [-0.15, -0.1) is 10.2 Å². The highest BCUT2D eigenvalue weighted by molar-refractivity contribution is 7.99. The SMILES string of the molecule is CSCc1nnc(SCC(=O)c2cc(C)n(CCC3=CCCCC3)c2C)o1. The summed E-state index contributed by atoms with van der Waals surface area (Å²) in [4.78, 5) is 12.7. The standard InChI is InChI=1S/C20H27N3O2S2/c1-14-11-17(15(2)23(14)10-9-16-7-5-4-6-8-16)18(24)12-27-20-22-21-19(25-20)13-26-3/h7,11H,4-6,8-10,12-13H2,1-3H3. The van der Waals surface area contributed by atoms with E-state index in [1.807, 2.05) is 19.2 Å². The molecule has 0 saturated carbocycles.